The van der Waals surface area contributed by atoms with Gasteiger partial charge in [-0.05, 0) is 30.3 Å². The molecule has 0 aliphatic heterocycles. The van der Waals surface area contributed by atoms with Crippen LogP contribution in [0.15, 0.2) is 46.9 Å². The Balaban J connectivity index is 2.05. The summed E-state index contributed by atoms with van der Waals surface area (Å²) in [6.45, 7) is 0. The highest BCUT2D eigenvalue weighted by atomic mass is 79.9. The maximum absolute atomic E-state index is 13.4. The van der Waals surface area contributed by atoms with Crippen LogP contribution in [0, 0.1) is 11.6 Å². The molecule has 0 aliphatic rings. The number of rotatable bonds is 3. The van der Waals surface area contributed by atoms with Crippen LogP contribution in [0.5, 0.6) is 0 Å². The molecule has 0 radical (unpaired) electrons. The zero-order valence-corrected chi connectivity index (χ0v) is 11.4. The van der Waals surface area contributed by atoms with E-state index in [2.05, 4.69) is 21.2 Å². The smallest absolute Gasteiger partial charge is 0.228 e. The van der Waals surface area contributed by atoms with Gasteiger partial charge in [0.2, 0.25) is 5.91 Å². The lowest BCUT2D eigenvalue weighted by atomic mass is 10.1. The SMILES string of the molecule is O=C(Cc1cccc(F)c1F)Nc1ccc(Br)cc1. The largest absolute Gasteiger partial charge is 0.326 e. The van der Waals surface area contributed by atoms with Gasteiger partial charge in [0, 0.05) is 15.7 Å². The van der Waals surface area contributed by atoms with Crippen LogP contribution in [0.1, 0.15) is 5.56 Å². The Morgan fingerprint density at radius 1 is 1.11 bits per heavy atom. The van der Waals surface area contributed by atoms with Gasteiger partial charge in [-0.1, -0.05) is 28.1 Å². The first-order chi connectivity index (χ1) is 9.06. The van der Waals surface area contributed by atoms with Crippen molar-refractivity contribution in [2.24, 2.45) is 0 Å². The highest BCUT2D eigenvalue weighted by Gasteiger charge is 2.11. The zero-order chi connectivity index (χ0) is 13.8. The average Bonchev–Trinajstić information content (AvgIpc) is 2.38. The van der Waals surface area contributed by atoms with E-state index in [0.717, 1.165) is 10.5 Å². The van der Waals surface area contributed by atoms with E-state index in [0.29, 0.717) is 5.69 Å². The summed E-state index contributed by atoms with van der Waals surface area (Å²) in [5.74, 6) is -2.32. The first kappa shape index (κ1) is 13.7. The monoisotopic (exact) mass is 325 g/mol. The lowest BCUT2D eigenvalue weighted by molar-refractivity contribution is -0.115. The van der Waals surface area contributed by atoms with Crippen LogP contribution in [-0.2, 0) is 11.2 Å². The van der Waals surface area contributed by atoms with Gasteiger partial charge in [0.1, 0.15) is 0 Å². The maximum Gasteiger partial charge on any atom is 0.228 e. The van der Waals surface area contributed by atoms with Crippen molar-refractivity contribution in [2.45, 2.75) is 6.42 Å². The summed E-state index contributed by atoms with van der Waals surface area (Å²) in [4.78, 5) is 11.7. The fourth-order valence-electron chi connectivity index (χ4n) is 1.60. The first-order valence-electron chi connectivity index (χ1n) is 5.54. The molecule has 2 rings (SSSR count). The van der Waals surface area contributed by atoms with Crippen molar-refractivity contribution in [3.63, 3.8) is 0 Å². The third-order valence-corrected chi connectivity index (χ3v) is 3.04. The molecule has 98 valence electrons. The molecule has 0 atom stereocenters. The number of hydrogen-bond donors (Lipinski definition) is 1. The third kappa shape index (κ3) is 3.61. The Kier molecular flexibility index (Phi) is 4.27. The summed E-state index contributed by atoms with van der Waals surface area (Å²) in [6.07, 6.45) is -0.209. The second-order valence-electron chi connectivity index (χ2n) is 3.94. The van der Waals surface area contributed by atoms with E-state index in [1.165, 1.54) is 12.1 Å². The first-order valence-corrected chi connectivity index (χ1v) is 6.34. The summed E-state index contributed by atoms with van der Waals surface area (Å²) in [7, 11) is 0. The van der Waals surface area contributed by atoms with Crippen molar-refractivity contribution in [2.75, 3.05) is 5.32 Å². The van der Waals surface area contributed by atoms with Crippen LogP contribution < -0.4 is 5.32 Å². The Bertz CT molecular complexity index is 599. The summed E-state index contributed by atoms with van der Waals surface area (Å²) in [6, 6.07) is 10.8. The lowest BCUT2D eigenvalue weighted by Crippen LogP contribution is -2.15. The number of amides is 1. The summed E-state index contributed by atoms with van der Waals surface area (Å²) in [5, 5.41) is 2.62. The quantitative estimate of drug-likeness (QED) is 0.910. The normalized spacial score (nSPS) is 10.3. The molecule has 1 N–H and O–H groups in total. The number of anilines is 1. The molecular formula is C14H10BrF2NO. The third-order valence-electron chi connectivity index (χ3n) is 2.51. The van der Waals surface area contributed by atoms with E-state index in [1.807, 2.05) is 0 Å². The van der Waals surface area contributed by atoms with E-state index in [9.17, 15) is 13.6 Å². The zero-order valence-electron chi connectivity index (χ0n) is 9.79. The fourth-order valence-corrected chi connectivity index (χ4v) is 1.86. The van der Waals surface area contributed by atoms with Crippen molar-refractivity contribution < 1.29 is 13.6 Å². The van der Waals surface area contributed by atoms with Crippen molar-refractivity contribution in [1.29, 1.82) is 0 Å². The van der Waals surface area contributed by atoms with Crippen molar-refractivity contribution in [3.8, 4) is 0 Å². The molecule has 0 spiro atoms. The van der Waals surface area contributed by atoms with Gasteiger partial charge in [0.15, 0.2) is 11.6 Å². The molecule has 0 saturated heterocycles. The van der Waals surface area contributed by atoms with E-state index in [4.69, 9.17) is 0 Å². The lowest BCUT2D eigenvalue weighted by Gasteiger charge is -2.06. The molecular weight excluding hydrogens is 316 g/mol. The molecule has 19 heavy (non-hydrogen) atoms. The molecule has 0 unspecified atom stereocenters. The number of benzene rings is 2. The standard InChI is InChI=1S/C14H10BrF2NO/c15-10-4-6-11(7-5-10)18-13(19)8-9-2-1-3-12(16)14(9)17/h1-7H,8H2,(H,18,19). The molecule has 1 amide bonds. The molecule has 2 nitrogen and oxygen atoms in total. The second-order valence-corrected chi connectivity index (χ2v) is 4.86. The van der Waals surface area contributed by atoms with Gasteiger partial charge in [0.05, 0.1) is 6.42 Å². The number of hydrogen-bond acceptors (Lipinski definition) is 1. The summed E-state index contributed by atoms with van der Waals surface area (Å²) >= 11 is 3.28. The van der Waals surface area contributed by atoms with Gasteiger partial charge in [-0.3, -0.25) is 4.79 Å². The topological polar surface area (TPSA) is 29.1 Å². The van der Waals surface area contributed by atoms with Crippen LogP contribution >= 0.6 is 15.9 Å². The fraction of sp³-hybridized carbons (Fsp3) is 0.0714. The van der Waals surface area contributed by atoms with Crippen LogP contribution in [0.2, 0.25) is 0 Å². The Morgan fingerprint density at radius 3 is 2.47 bits per heavy atom. The van der Waals surface area contributed by atoms with Crippen LogP contribution in [0.25, 0.3) is 0 Å². The van der Waals surface area contributed by atoms with E-state index in [1.54, 1.807) is 24.3 Å². The van der Waals surface area contributed by atoms with Gasteiger partial charge in [-0.15, -0.1) is 0 Å². The molecule has 0 fully saturated rings. The molecule has 0 heterocycles. The minimum absolute atomic E-state index is 0.0367. The highest BCUT2D eigenvalue weighted by molar-refractivity contribution is 9.10. The average molecular weight is 326 g/mol. The predicted molar refractivity (Wildman–Crippen MR) is 72.8 cm³/mol. The van der Waals surface area contributed by atoms with Gasteiger partial charge < -0.3 is 5.32 Å². The predicted octanol–water partition coefficient (Wildman–Crippen LogP) is 3.91. The Hall–Kier alpha value is -1.75. The molecule has 5 heteroatoms. The van der Waals surface area contributed by atoms with Gasteiger partial charge in [-0.2, -0.15) is 0 Å². The molecule has 0 saturated carbocycles. The van der Waals surface area contributed by atoms with E-state index in [-0.39, 0.29) is 12.0 Å². The molecule has 2 aromatic carbocycles. The van der Waals surface area contributed by atoms with Crippen molar-refractivity contribution in [3.05, 3.63) is 64.1 Å². The minimum atomic E-state index is -0.978. The van der Waals surface area contributed by atoms with E-state index >= 15 is 0 Å². The van der Waals surface area contributed by atoms with Gasteiger partial charge >= 0.3 is 0 Å². The van der Waals surface area contributed by atoms with Gasteiger partial charge in [-0.25, -0.2) is 8.78 Å². The van der Waals surface area contributed by atoms with Crippen LogP contribution in [0.3, 0.4) is 0 Å². The van der Waals surface area contributed by atoms with E-state index < -0.39 is 17.5 Å². The summed E-state index contributed by atoms with van der Waals surface area (Å²) < 4.78 is 27.3. The molecule has 0 bridgehead atoms. The number of halogens is 3. The second kappa shape index (κ2) is 5.93. The number of nitrogens with one attached hydrogen (secondary N) is 1. The van der Waals surface area contributed by atoms with Gasteiger partial charge in [0.25, 0.3) is 0 Å². The number of carbonyl (C=O) groups is 1. The summed E-state index contributed by atoms with van der Waals surface area (Å²) in [5.41, 5.74) is 0.639. The van der Waals surface area contributed by atoms with Crippen molar-refractivity contribution >= 4 is 27.5 Å². The minimum Gasteiger partial charge on any atom is -0.326 e. The molecule has 0 aromatic heterocycles. The molecule has 2 aromatic rings. The van der Waals surface area contributed by atoms with Crippen LogP contribution in [0.4, 0.5) is 14.5 Å². The Labute approximate surface area is 117 Å². The maximum atomic E-state index is 13.4. The Morgan fingerprint density at radius 2 is 1.79 bits per heavy atom. The number of carbonyl (C=O) groups excluding carboxylic acids is 1. The van der Waals surface area contributed by atoms with Crippen molar-refractivity contribution in [1.82, 2.24) is 0 Å². The van der Waals surface area contributed by atoms with Crippen LogP contribution in [-0.4, -0.2) is 5.91 Å². The highest BCUT2D eigenvalue weighted by Crippen LogP contribution is 2.16. The molecule has 0 aliphatic carbocycles.